The van der Waals surface area contributed by atoms with Crippen molar-refractivity contribution >= 4 is 22.8 Å². The molecule has 1 atom stereocenters. The lowest BCUT2D eigenvalue weighted by atomic mass is 10.0. The van der Waals surface area contributed by atoms with Crippen LogP contribution in [-0.2, 0) is 20.9 Å². The van der Waals surface area contributed by atoms with E-state index >= 15 is 0 Å². The smallest absolute Gasteiger partial charge is 0.325 e. The van der Waals surface area contributed by atoms with Crippen molar-refractivity contribution in [3.8, 4) is 5.75 Å². The average Bonchev–Trinajstić information content (AvgIpc) is 2.98. The summed E-state index contributed by atoms with van der Waals surface area (Å²) in [5, 5.41) is 19.6. The lowest BCUT2D eigenvalue weighted by Crippen LogP contribution is -2.42. The van der Waals surface area contributed by atoms with Gasteiger partial charge in [0.1, 0.15) is 11.8 Å². The zero-order chi connectivity index (χ0) is 18.7. The van der Waals surface area contributed by atoms with E-state index in [1.165, 1.54) is 0 Å². The van der Waals surface area contributed by atoms with Crippen LogP contribution in [0.5, 0.6) is 5.75 Å². The van der Waals surface area contributed by atoms with Gasteiger partial charge in [0.25, 0.3) is 0 Å². The van der Waals surface area contributed by atoms with Crippen LogP contribution in [0.2, 0.25) is 0 Å². The molecule has 1 aromatic carbocycles. The fourth-order valence-electron chi connectivity index (χ4n) is 3.37. The summed E-state index contributed by atoms with van der Waals surface area (Å²) in [6.45, 7) is 2.31. The van der Waals surface area contributed by atoms with Gasteiger partial charge in [-0.15, -0.1) is 0 Å². The van der Waals surface area contributed by atoms with Crippen LogP contribution in [0.1, 0.15) is 18.0 Å². The lowest BCUT2D eigenvalue weighted by Gasteiger charge is -2.31. The molecule has 0 bridgehead atoms. The van der Waals surface area contributed by atoms with E-state index < -0.39 is 18.0 Å². The van der Waals surface area contributed by atoms with Gasteiger partial charge in [-0.3, -0.25) is 14.5 Å². The molecule has 2 aromatic rings. The first-order valence-corrected chi connectivity index (χ1v) is 8.44. The normalized spacial score (nSPS) is 16.5. The Morgan fingerprint density at radius 2 is 2.00 bits per heavy atom. The van der Waals surface area contributed by atoms with E-state index in [0.717, 1.165) is 10.9 Å². The SMILES string of the molecule is COc1ccc2c(c1)c(C(C(=O)O)N1CCOCC1)cn2CCC(=O)O. The fraction of sp³-hybridized carbons (Fsp3) is 0.444. The first-order chi connectivity index (χ1) is 12.5. The number of hydrogen-bond acceptors (Lipinski definition) is 5. The van der Waals surface area contributed by atoms with E-state index in [-0.39, 0.29) is 13.0 Å². The number of aryl methyl sites for hydroxylation is 1. The van der Waals surface area contributed by atoms with Crippen LogP contribution in [0.3, 0.4) is 0 Å². The first-order valence-electron chi connectivity index (χ1n) is 8.44. The van der Waals surface area contributed by atoms with Crippen molar-refractivity contribution in [3.05, 3.63) is 30.0 Å². The van der Waals surface area contributed by atoms with Crippen LogP contribution >= 0.6 is 0 Å². The Hall–Kier alpha value is -2.58. The molecule has 8 heteroatoms. The van der Waals surface area contributed by atoms with Gasteiger partial charge >= 0.3 is 11.9 Å². The van der Waals surface area contributed by atoms with Gasteiger partial charge in [-0.2, -0.15) is 0 Å². The molecule has 2 N–H and O–H groups in total. The summed E-state index contributed by atoms with van der Waals surface area (Å²) in [6.07, 6.45) is 1.71. The molecule has 1 unspecified atom stereocenters. The van der Waals surface area contributed by atoms with Crippen LogP contribution in [0.15, 0.2) is 24.4 Å². The Balaban J connectivity index is 2.08. The van der Waals surface area contributed by atoms with E-state index in [1.54, 1.807) is 30.0 Å². The van der Waals surface area contributed by atoms with Gasteiger partial charge in [0, 0.05) is 42.3 Å². The van der Waals surface area contributed by atoms with Crippen molar-refractivity contribution in [2.45, 2.75) is 19.0 Å². The number of fused-ring (bicyclic) bond motifs is 1. The molecule has 1 aliphatic rings. The van der Waals surface area contributed by atoms with Crippen LogP contribution < -0.4 is 4.74 Å². The van der Waals surface area contributed by atoms with E-state index in [0.29, 0.717) is 37.6 Å². The highest BCUT2D eigenvalue weighted by atomic mass is 16.5. The van der Waals surface area contributed by atoms with Crippen molar-refractivity contribution in [3.63, 3.8) is 0 Å². The summed E-state index contributed by atoms with van der Waals surface area (Å²) in [6, 6.07) is 4.60. The third-order valence-corrected chi connectivity index (χ3v) is 4.62. The van der Waals surface area contributed by atoms with Gasteiger partial charge in [0.2, 0.25) is 0 Å². The predicted octanol–water partition coefficient (Wildman–Crippen LogP) is 1.58. The molecule has 1 aliphatic heterocycles. The minimum absolute atomic E-state index is 0.0372. The number of carbonyl (C=O) groups is 2. The molecule has 1 saturated heterocycles. The quantitative estimate of drug-likeness (QED) is 0.771. The number of carboxylic acid groups (broad SMARTS) is 2. The molecule has 1 fully saturated rings. The zero-order valence-corrected chi connectivity index (χ0v) is 14.6. The molecular weight excluding hydrogens is 340 g/mol. The zero-order valence-electron chi connectivity index (χ0n) is 14.6. The van der Waals surface area contributed by atoms with Crippen LogP contribution in [0, 0.1) is 0 Å². The van der Waals surface area contributed by atoms with Gasteiger partial charge in [0.05, 0.1) is 26.7 Å². The molecule has 0 amide bonds. The highest BCUT2D eigenvalue weighted by molar-refractivity contribution is 5.90. The van der Waals surface area contributed by atoms with Crippen molar-refractivity contribution in [1.29, 1.82) is 0 Å². The number of nitrogens with zero attached hydrogens (tertiary/aromatic N) is 2. The number of morpholine rings is 1. The van der Waals surface area contributed by atoms with E-state index in [1.807, 2.05) is 11.0 Å². The van der Waals surface area contributed by atoms with E-state index in [9.17, 15) is 14.7 Å². The lowest BCUT2D eigenvalue weighted by molar-refractivity contribution is -0.145. The van der Waals surface area contributed by atoms with Crippen LogP contribution in [-0.4, -0.2) is 65.0 Å². The molecule has 0 aliphatic carbocycles. The third-order valence-electron chi connectivity index (χ3n) is 4.62. The molecule has 2 heterocycles. The maximum absolute atomic E-state index is 12.1. The van der Waals surface area contributed by atoms with Crippen LogP contribution in [0.25, 0.3) is 10.9 Å². The molecular formula is C18H22N2O6. The van der Waals surface area contributed by atoms with E-state index in [4.69, 9.17) is 14.6 Å². The number of carboxylic acids is 2. The third kappa shape index (κ3) is 3.66. The van der Waals surface area contributed by atoms with Crippen molar-refractivity contribution < 1.29 is 29.3 Å². The molecule has 0 spiro atoms. The molecule has 0 saturated carbocycles. The molecule has 3 rings (SSSR count). The van der Waals surface area contributed by atoms with E-state index in [2.05, 4.69) is 0 Å². The summed E-state index contributed by atoms with van der Waals surface area (Å²) in [4.78, 5) is 24.9. The number of aromatic nitrogens is 1. The Bertz CT molecular complexity index is 809. The van der Waals surface area contributed by atoms with Crippen molar-refractivity contribution in [2.24, 2.45) is 0 Å². The molecule has 1 aromatic heterocycles. The number of aliphatic carboxylic acids is 2. The Morgan fingerprint density at radius 1 is 1.27 bits per heavy atom. The second kappa shape index (κ2) is 7.76. The maximum Gasteiger partial charge on any atom is 0.325 e. The van der Waals surface area contributed by atoms with Crippen LogP contribution in [0.4, 0.5) is 0 Å². The second-order valence-electron chi connectivity index (χ2n) is 6.19. The Morgan fingerprint density at radius 3 is 2.62 bits per heavy atom. The van der Waals surface area contributed by atoms with Crippen molar-refractivity contribution in [2.75, 3.05) is 33.4 Å². The van der Waals surface area contributed by atoms with Gasteiger partial charge in [-0.05, 0) is 18.2 Å². The number of methoxy groups -OCH3 is 1. The fourth-order valence-corrected chi connectivity index (χ4v) is 3.37. The van der Waals surface area contributed by atoms with Crippen molar-refractivity contribution in [1.82, 2.24) is 9.47 Å². The Labute approximate surface area is 150 Å². The highest BCUT2D eigenvalue weighted by Crippen LogP contribution is 2.33. The first kappa shape index (κ1) is 18.2. The summed E-state index contributed by atoms with van der Waals surface area (Å²) < 4.78 is 12.4. The molecule has 140 valence electrons. The molecule has 0 radical (unpaired) electrons. The van der Waals surface area contributed by atoms with Gasteiger partial charge in [-0.25, -0.2) is 0 Å². The number of ether oxygens (including phenoxy) is 2. The molecule has 8 nitrogen and oxygen atoms in total. The molecule has 26 heavy (non-hydrogen) atoms. The Kier molecular flexibility index (Phi) is 5.43. The summed E-state index contributed by atoms with van der Waals surface area (Å²) in [5.41, 5.74) is 1.43. The number of hydrogen-bond donors (Lipinski definition) is 2. The largest absolute Gasteiger partial charge is 0.497 e. The summed E-state index contributed by atoms with van der Waals surface area (Å²) >= 11 is 0. The summed E-state index contributed by atoms with van der Waals surface area (Å²) in [7, 11) is 1.55. The standard InChI is InChI=1S/C18H22N2O6/c1-25-12-2-3-15-13(10-12)14(11-20(15)5-4-16(21)22)17(18(23)24)19-6-8-26-9-7-19/h2-3,10-11,17H,4-9H2,1H3,(H,21,22)(H,23,24). The maximum atomic E-state index is 12.1. The van der Waals surface area contributed by atoms with Gasteiger partial charge in [-0.1, -0.05) is 0 Å². The average molecular weight is 362 g/mol. The van der Waals surface area contributed by atoms with Gasteiger partial charge in [0.15, 0.2) is 0 Å². The minimum Gasteiger partial charge on any atom is -0.497 e. The predicted molar refractivity (Wildman–Crippen MR) is 93.5 cm³/mol. The highest BCUT2D eigenvalue weighted by Gasteiger charge is 2.31. The monoisotopic (exact) mass is 362 g/mol. The summed E-state index contributed by atoms with van der Waals surface area (Å²) in [5.74, 6) is -1.21. The second-order valence-corrected chi connectivity index (χ2v) is 6.19. The topological polar surface area (TPSA) is 101 Å². The number of benzene rings is 1. The number of rotatable bonds is 7. The minimum atomic E-state index is -0.938. The van der Waals surface area contributed by atoms with Gasteiger partial charge < -0.3 is 24.3 Å².